The van der Waals surface area contributed by atoms with E-state index in [1.165, 1.54) is 11.3 Å². The van der Waals surface area contributed by atoms with Crippen molar-refractivity contribution in [1.29, 1.82) is 0 Å². The molecule has 1 saturated heterocycles. The number of ether oxygens (including phenoxy) is 1. The normalized spacial score (nSPS) is 26.1. The number of thiophene rings is 1. The largest absolute Gasteiger partial charge is 0.373 e. The highest BCUT2D eigenvalue weighted by Crippen LogP contribution is 2.22. The molecule has 0 amide bonds. The third-order valence-electron chi connectivity index (χ3n) is 2.71. The maximum Gasteiger partial charge on any atom is 0.186 e. The molecular formula is C12H16ClNO2S. The first-order valence-corrected chi connectivity index (χ1v) is 6.90. The lowest BCUT2D eigenvalue weighted by atomic mass is 10.2. The molecule has 0 aliphatic carbocycles. The first-order chi connectivity index (χ1) is 8.04. The molecule has 2 atom stereocenters. The Morgan fingerprint density at radius 1 is 1.47 bits per heavy atom. The number of carbonyl (C=O) groups excluding carboxylic acids is 1. The third-order valence-corrected chi connectivity index (χ3v) is 3.98. The Hall–Kier alpha value is -0.420. The van der Waals surface area contributed by atoms with Crippen molar-refractivity contribution in [3.63, 3.8) is 0 Å². The van der Waals surface area contributed by atoms with Crippen LogP contribution in [0, 0.1) is 0 Å². The number of hydrogen-bond acceptors (Lipinski definition) is 4. The van der Waals surface area contributed by atoms with Crippen molar-refractivity contribution < 1.29 is 9.53 Å². The predicted octanol–water partition coefficient (Wildman–Crippen LogP) is 2.69. The topological polar surface area (TPSA) is 29.5 Å². The minimum Gasteiger partial charge on any atom is -0.373 e. The Kier molecular flexibility index (Phi) is 4.20. The molecule has 0 spiro atoms. The first-order valence-electron chi connectivity index (χ1n) is 5.71. The number of ketones is 1. The van der Waals surface area contributed by atoms with Gasteiger partial charge in [0.2, 0.25) is 0 Å². The molecule has 94 valence electrons. The minimum atomic E-state index is 0.142. The lowest BCUT2D eigenvalue weighted by Gasteiger charge is -2.34. The molecule has 5 heteroatoms. The van der Waals surface area contributed by atoms with E-state index in [1.54, 1.807) is 12.1 Å². The Balaban J connectivity index is 1.94. The molecule has 0 aromatic carbocycles. The van der Waals surface area contributed by atoms with Crippen LogP contribution < -0.4 is 0 Å². The fourth-order valence-electron chi connectivity index (χ4n) is 2.16. The summed E-state index contributed by atoms with van der Waals surface area (Å²) in [7, 11) is 0. The van der Waals surface area contributed by atoms with Crippen molar-refractivity contribution in [3.8, 4) is 0 Å². The number of morpholine rings is 1. The molecule has 1 aliphatic rings. The molecule has 2 rings (SSSR count). The van der Waals surface area contributed by atoms with Gasteiger partial charge in [0.15, 0.2) is 5.78 Å². The second-order valence-electron chi connectivity index (χ2n) is 4.48. The van der Waals surface area contributed by atoms with Gasteiger partial charge in [-0.3, -0.25) is 9.69 Å². The quantitative estimate of drug-likeness (QED) is 0.793. The number of Topliss-reactive ketones (excluding diaryl/α,β-unsaturated/α-hetero) is 1. The first kappa shape index (κ1) is 13.0. The summed E-state index contributed by atoms with van der Waals surface area (Å²) in [5, 5.41) is 0. The monoisotopic (exact) mass is 273 g/mol. The van der Waals surface area contributed by atoms with Crippen molar-refractivity contribution in [3.05, 3.63) is 21.3 Å². The van der Waals surface area contributed by atoms with E-state index in [4.69, 9.17) is 16.3 Å². The van der Waals surface area contributed by atoms with E-state index < -0.39 is 0 Å². The van der Waals surface area contributed by atoms with Gasteiger partial charge < -0.3 is 4.74 Å². The highest BCUT2D eigenvalue weighted by Gasteiger charge is 2.24. The third kappa shape index (κ3) is 3.52. The zero-order valence-corrected chi connectivity index (χ0v) is 11.6. The number of nitrogens with zero attached hydrogens (tertiary/aromatic N) is 1. The van der Waals surface area contributed by atoms with Crippen molar-refractivity contribution in [1.82, 2.24) is 4.90 Å². The molecule has 1 aromatic rings. The van der Waals surface area contributed by atoms with Gasteiger partial charge in [-0.2, -0.15) is 0 Å². The number of halogens is 1. The Morgan fingerprint density at radius 2 is 2.12 bits per heavy atom. The van der Waals surface area contributed by atoms with Crippen LogP contribution in [-0.2, 0) is 4.74 Å². The van der Waals surface area contributed by atoms with E-state index in [2.05, 4.69) is 4.90 Å². The highest BCUT2D eigenvalue weighted by atomic mass is 35.5. The summed E-state index contributed by atoms with van der Waals surface area (Å²) in [4.78, 5) is 14.9. The molecule has 1 fully saturated rings. The van der Waals surface area contributed by atoms with Crippen LogP contribution in [0.5, 0.6) is 0 Å². The van der Waals surface area contributed by atoms with Crippen molar-refractivity contribution >= 4 is 28.7 Å². The van der Waals surface area contributed by atoms with Crippen LogP contribution in [0.4, 0.5) is 0 Å². The molecule has 1 aliphatic heterocycles. The van der Waals surface area contributed by atoms with Gasteiger partial charge >= 0.3 is 0 Å². The smallest absolute Gasteiger partial charge is 0.186 e. The molecule has 0 N–H and O–H groups in total. The predicted molar refractivity (Wildman–Crippen MR) is 70.1 cm³/mol. The van der Waals surface area contributed by atoms with Gasteiger partial charge in [-0.1, -0.05) is 11.6 Å². The molecule has 0 bridgehead atoms. The Bertz CT molecular complexity index is 397. The van der Waals surface area contributed by atoms with Crippen molar-refractivity contribution in [2.24, 2.45) is 0 Å². The van der Waals surface area contributed by atoms with Gasteiger partial charge in [0.25, 0.3) is 0 Å². The summed E-state index contributed by atoms with van der Waals surface area (Å²) in [6, 6.07) is 3.56. The van der Waals surface area contributed by atoms with Gasteiger partial charge in [-0.25, -0.2) is 0 Å². The number of hydrogen-bond donors (Lipinski definition) is 0. The average molecular weight is 274 g/mol. The molecular weight excluding hydrogens is 258 g/mol. The average Bonchev–Trinajstić information content (AvgIpc) is 2.63. The molecule has 17 heavy (non-hydrogen) atoms. The van der Waals surface area contributed by atoms with Crippen LogP contribution in [0.15, 0.2) is 12.1 Å². The fraction of sp³-hybridized carbons (Fsp3) is 0.583. The summed E-state index contributed by atoms with van der Waals surface area (Å²) >= 11 is 7.17. The Labute approximate surface area is 110 Å². The molecule has 0 saturated carbocycles. The molecule has 3 nitrogen and oxygen atoms in total. The summed E-state index contributed by atoms with van der Waals surface area (Å²) in [5.74, 6) is 0.142. The van der Waals surface area contributed by atoms with Crippen LogP contribution in [-0.4, -0.2) is 42.5 Å². The maximum atomic E-state index is 12.0. The van der Waals surface area contributed by atoms with E-state index >= 15 is 0 Å². The molecule has 2 unspecified atom stereocenters. The van der Waals surface area contributed by atoms with Crippen LogP contribution in [0.3, 0.4) is 0 Å². The van der Waals surface area contributed by atoms with Crippen LogP contribution >= 0.6 is 22.9 Å². The molecule has 0 radical (unpaired) electrons. The van der Waals surface area contributed by atoms with E-state index in [-0.39, 0.29) is 18.0 Å². The summed E-state index contributed by atoms with van der Waals surface area (Å²) in [6.45, 7) is 6.16. The zero-order valence-electron chi connectivity index (χ0n) is 9.98. The van der Waals surface area contributed by atoms with E-state index in [9.17, 15) is 4.79 Å². The van der Waals surface area contributed by atoms with E-state index in [0.717, 1.165) is 18.0 Å². The van der Waals surface area contributed by atoms with Gasteiger partial charge in [0.1, 0.15) is 0 Å². The lowest BCUT2D eigenvalue weighted by Crippen LogP contribution is -2.47. The summed E-state index contributed by atoms with van der Waals surface area (Å²) < 4.78 is 6.30. The SMILES string of the molecule is CC1CN(CC(=O)c2ccc(Cl)s2)CC(C)O1. The maximum absolute atomic E-state index is 12.0. The molecule has 2 heterocycles. The van der Waals surface area contributed by atoms with Gasteiger partial charge in [0.05, 0.1) is 28.0 Å². The highest BCUT2D eigenvalue weighted by molar-refractivity contribution is 7.18. The van der Waals surface area contributed by atoms with E-state index in [0.29, 0.717) is 10.9 Å². The second kappa shape index (κ2) is 5.48. The van der Waals surface area contributed by atoms with Crippen molar-refractivity contribution in [2.75, 3.05) is 19.6 Å². The number of carbonyl (C=O) groups is 1. The van der Waals surface area contributed by atoms with Crippen molar-refractivity contribution in [2.45, 2.75) is 26.1 Å². The summed E-state index contributed by atoms with van der Waals surface area (Å²) in [5.41, 5.74) is 0. The van der Waals surface area contributed by atoms with Crippen LogP contribution in [0.1, 0.15) is 23.5 Å². The molecule has 1 aromatic heterocycles. The Morgan fingerprint density at radius 3 is 2.65 bits per heavy atom. The van der Waals surface area contributed by atoms with Gasteiger partial charge in [-0.15, -0.1) is 11.3 Å². The standard InChI is InChI=1S/C12H16ClNO2S/c1-8-5-14(6-9(2)16-8)7-10(15)11-3-4-12(13)17-11/h3-4,8-9H,5-7H2,1-2H3. The van der Waals surface area contributed by atoms with E-state index in [1.807, 2.05) is 13.8 Å². The second-order valence-corrected chi connectivity index (χ2v) is 6.19. The van der Waals surface area contributed by atoms with Gasteiger partial charge in [-0.05, 0) is 26.0 Å². The number of rotatable bonds is 3. The fourth-order valence-corrected chi connectivity index (χ4v) is 3.13. The van der Waals surface area contributed by atoms with Crippen LogP contribution in [0.25, 0.3) is 0 Å². The lowest BCUT2D eigenvalue weighted by molar-refractivity contribution is -0.0652. The van der Waals surface area contributed by atoms with Gasteiger partial charge in [0, 0.05) is 13.1 Å². The summed E-state index contributed by atoms with van der Waals surface area (Å²) in [6.07, 6.45) is 0.386. The van der Waals surface area contributed by atoms with Crippen LogP contribution in [0.2, 0.25) is 4.34 Å². The zero-order chi connectivity index (χ0) is 12.4. The minimum absolute atomic E-state index is 0.142.